The highest BCUT2D eigenvalue weighted by Gasteiger charge is 2.20. The zero-order valence-corrected chi connectivity index (χ0v) is 12.6. The SMILES string of the molecule is CSCC[C@@H](NC(=O)c1ccc(N(C)C)nc1)C(=O)O. The fourth-order valence-electron chi connectivity index (χ4n) is 1.52. The van der Waals surface area contributed by atoms with Crippen LogP contribution in [0.3, 0.4) is 0 Å². The number of hydrogen-bond acceptors (Lipinski definition) is 5. The predicted molar refractivity (Wildman–Crippen MR) is 80.5 cm³/mol. The predicted octanol–water partition coefficient (Wildman–Crippen LogP) is 1.08. The van der Waals surface area contributed by atoms with Crippen LogP contribution in [-0.4, -0.2) is 54.1 Å². The van der Waals surface area contributed by atoms with Gasteiger partial charge < -0.3 is 15.3 Å². The van der Waals surface area contributed by atoms with Gasteiger partial charge in [-0.15, -0.1) is 0 Å². The molecule has 110 valence electrons. The Hall–Kier alpha value is -1.76. The summed E-state index contributed by atoms with van der Waals surface area (Å²) in [6, 6.07) is 2.47. The van der Waals surface area contributed by atoms with Crippen molar-refractivity contribution in [1.29, 1.82) is 0 Å². The fourth-order valence-corrected chi connectivity index (χ4v) is 1.99. The van der Waals surface area contributed by atoms with Crippen LogP contribution in [0.5, 0.6) is 0 Å². The zero-order chi connectivity index (χ0) is 15.1. The van der Waals surface area contributed by atoms with Crippen LogP contribution in [0.25, 0.3) is 0 Å². The Morgan fingerprint density at radius 3 is 2.60 bits per heavy atom. The van der Waals surface area contributed by atoms with Gasteiger partial charge in [-0.2, -0.15) is 11.8 Å². The standard InChI is InChI=1S/C13H19N3O3S/c1-16(2)11-5-4-9(8-14-11)12(17)15-10(13(18)19)6-7-20-3/h4-5,8,10H,6-7H2,1-3H3,(H,15,17)(H,18,19)/t10-/m1/s1. The number of pyridine rings is 1. The average Bonchev–Trinajstić information content (AvgIpc) is 2.42. The quantitative estimate of drug-likeness (QED) is 0.784. The third-order valence-electron chi connectivity index (χ3n) is 2.68. The van der Waals surface area contributed by atoms with Gasteiger partial charge in [0, 0.05) is 20.3 Å². The lowest BCUT2D eigenvalue weighted by molar-refractivity contribution is -0.139. The van der Waals surface area contributed by atoms with Gasteiger partial charge in [0.05, 0.1) is 5.56 Å². The Morgan fingerprint density at radius 1 is 1.45 bits per heavy atom. The van der Waals surface area contributed by atoms with Crippen molar-refractivity contribution < 1.29 is 14.7 Å². The smallest absolute Gasteiger partial charge is 0.326 e. The summed E-state index contributed by atoms with van der Waals surface area (Å²) in [4.78, 5) is 29.0. The summed E-state index contributed by atoms with van der Waals surface area (Å²) >= 11 is 1.54. The van der Waals surface area contributed by atoms with Crippen LogP contribution in [0.2, 0.25) is 0 Å². The largest absolute Gasteiger partial charge is 0.480 e. The van der Waals surface area contributed by atoms with Gasteiger partial charge in [0.2, 0.25) is 0 Å². The summed E-state index contributed by atoms with van der Waals surface area (Å²) in [5, 5.41) is 11.6. The molecule has 1 heterocycles. The van der Waals surface area contributed by atoms with Crippen molar-refractivity contribution in [2.75, 3.05) is 31.0 Å². The van der Waals surface area contributed by atoms with E-state index in [4.69, 9.17) is 5.11 Å². The van der Waals surface area contributed by atoms with Gasteiger partial charge >= 0.3 is 5.97 Å². The summed E-state index contributed by atoms with van der Waals surface area (Å²) in [6.45, 7) is 0. The minimum Gasteiger partial charge on any atom is -0.480 e. The number of aliphatic carboxylic acids is 1. The van der Waals surface area contributed by atoms with E-state index in [1.807, 2.05) is 25.3 Å². The molecule has 1 aromatic rings. The van der Waals surface area contributed by atoms with Crippen LogP contribution in [0.4, 0.5) is 5.82 Å². The molecule has 0 aliphatic carbocycles. The molecule has 1 rings (SSSR count). The second-order valence-corrected chi connectivity index (χ2v) is 5.43. The molecule has 0 bridgehead atoms. The molecule has 1 aromatic heterocycles. The van der Waals surface area contributed by atoms with Crippen LogP contribution < -0.4 is 10.2 Å². The number of rotatable bonds is 7. The van der Waals surface area contributed by atoms with Crippen LogP contribution in [0.1, 0.15) is 16.8 Å². The number of carboxylic acid groups (broad SMARTS) is 1. The van der Waals surface area contributed by atoms with E-state index < -0.39 is 17.9 Å². The molecule has 0 fully saturated rings. The van der Waals surface area contributed by atoms with E-state index in [1.165, 1.54) is 6.20 Å². The van der Waals surface area contributed by atoms with E-state index >= 15 is 0 Å². The molecular weight excluding hydrogens is 278 g/mol. The molecule has 6 nitrogen and oxygen atoms in total. The maximum Gasteiger partial charge on any atom is 0.326 e. The molecule has 0 saturated carbocycles. The van der Waals surface area contributed by atoms with E-state index in [0.717, 1.165) is 5.82 Å². The molecular formula is C13H19N3O3S. The number of nitrogens with zero attached hydrogens (tertiary/aromatic N) is 2. The monoisotopic (exact) mass is 297 g/mol. The molecule has 20 heavy (non-hydrogen) atoms. The Morgan fingerprint density at radius 2 is 2.15 bits per heavy atom. The van der Waals surface area contributed by atoms with Crippen molar-refractivity contribution in [3.8, 4) is 0 Å². The first-order valence-electron chi connectivity index (χ1n) is 6.11. The Kier molecular flexibility index (Phi) is 6.30. The normalized spacial score (nSPS) is 11.8. The summed E-state index contributed by atoms with van der Waals surface area (Å²) in [7, 11) is 3.70. The molecule has 1 amide bonds. The third kappa shape index (κ3) is 4.73. The Labute approximate surface area is 122 Å². The highest BCUT2D eigenvalue weighted by Crippen LogP contribution is 2.08. The highest BCUT2D eigenvalue weighted by molar-refractivity contribution is 7.98. The number of amides is 1. The first-order chi connectivity index (χ1) is 9.45. The van der Waals surface area contributed by atoms with E-state index in [0.29, 0.717) is 17.7 Å². The van der Waals surface area contributed by atoms with Crippen molar-refractivity contribution >= 4 is 29.5 Å². The molecule has 0 radical (unpaired) electrons. The van der Waals surface area contributed by atoms with E-state index in [9.17, 15) is 9.59 Å². The number of carbonyl (C=O) groups excluding carboxylic acids is 1. The summed E-state index contributed by atoms with van der Waals surface area (Å²) in [6.07, 6.45) is 3.73. The van der Waals surface area contributed by atoms with E-state index in [1.54, 1.807) is 23.9 Å². The van der Waals surface area contributed by atoms with Gasteiger partial charge in [0.1, 0.15) is 11.9 Å². The number of aromatic nitrogens is 1. The van der Waals surface area contributed by atoms with Crippen LogP contribution in [0.15, 0.2) is 18.3 Å². The highest BCUT2D eigenvalue weighted by atomic mass is 32.2. The summed E-state index contributed by atoms with van der Waals surface area (Å²) in [5.41, 5.74) is 0.353. The van der Waals surface area contributed by atoms with Gasteiger partial charge in [-0.1, -0.05) is 0 Å². The number of carbonyl (C=O) groups is 2. The maximum atomic E-state index is 12.0. The summed E-state index contributed by atoms with van der Waals surface area (Å²) < 4.78 is 0. The van der Waals surface area contributed by atoms with Gasteiger partial charge in [0.15, 0.2) is 0 Å². The number of carboxylic acids is 1. The number of thioether (sulfide) groups is 1. The summed E-state index contributed by atoms with van der Waals surface area (Å²) in [5.74, 6) is -0.0324. The van der Waals surface area contributed by atoms with E-state index in [2.05, 4.69) is 10.3 Å². The van der Waals surface area contributed by atoms with Crippen molar-refractivity contribution in [2.45, 2.75) is 12.5 Å². The van der Waals surface area contributed by atoms with Gasteiger partial charge in [-0.3, -0.25) is 4.79 Å². The lowest BCUT2D eigenvalue weighted by Gasteiger charge is -2.15. The van der Waals surface area contributed by atoms with Gasteiger partial charge in [-0.05, 0) is 30.6 Å². The molecule has 0 aliphatic heterocycles. The number of anilines is 1. The van der Waals surface area contributed by atoms with Gasteiger partial charge in [-0.25, -0.2) is 9.78 Å². The molecule has 0 spiro atoms. The second-order valence-electron chi connectivity index (χ2n) is 4.45. The zero-order valence-electron chi connectivity index (χ0n) is 11.8. The second kappa shape index (κ2) is 7.74. The third-order valence-corrected chi connectivity index (χ3v) is 3.33. The van der Waals surface area contributed by atoms with Gasteiger partial charge in [0.25, 0.3) is 5.91 Å². The maximum absolute atomic E-state index is 12.0. The number of hydrogen-bond donors (Lipinski definition) is 2. The molecule has 0 saturated heterocycles. The Balaban J connectivity index is 2.70. The van der Waals surface area contributed by atoms with Crippen molar-refractivity contribution in [3.63, 3.8) is 0 Å². The molecule has 0 aromatic carbocycles. The first kappa shape index (κ1) is 16.3. The lowest BCUT2D eigenvalue weighted by atomic mass is 10.2. The first-order valence-corrected chi connectivity index (χ1v) is 7.51. The molecule has 7 heteroatoms. The number of nitrogens with one attached hydrogen (secondary N) is 1. The fraction of sp³-hybridized carbons (Fsp3) is 0.462. The van der Waals surface area contributed by atoms with Crippen molar-refractivity contribution in [3.05, 3.63) is 23.9 Å². The van der Waals surface area contributed by atoms with Crippen LogP contribution in [0, 0.1) is 0 Å². The topological polar surface area (TPSA) is 82.5 Å². The molecule has 1 atom stereocenters. The van der Waals surface area contributed by atoms with Crippen LogP contribution >= 0.6 is 11.8 Å². The average molecular weight is 297 g/mol. The molecule has 0 unspecified atom stereocenters. The minimum absolute atomic E-state index is 0.353. The van der Waals surface area contributed by atoms with Crippen molar-refractivity contribution in [1.82, 2.24) is 10.3 Å². The van der Waals surface area contributed by atoms with Crippen LogP contribution in [-0.2, 0) is 4.79 Å². The molecule has 2 N–H and O–H groups in total. The van der Waals surface area contributed by atoms with Crippen molar-refractivity contribution in [2.24, 2.45) is 0 Å². The minimum atomic E-state index is -1.02. The lowest BCUT2D eigenvalue weighted by Crippen LogP contribution is -2.41. The Bertz CT molecular complexity index is 462. The molecule has 0 aliphatic rings. The van der Waals surface area contributed by atoms with E-state index in [-0.39, 0.29) is 0 Å².